The average molecular weight is 471 g/mol. The highest BCUT2D eigenvalue weighted by molar-refractivity contribution is 8.04. The molecule has 15 heteroatoms. The van der Waals surface area contributed by atoms with Crippen molar-refractivity contribution < 1.29 is 52.7 Å². The summed E-state index contributed by atoms with van der Waals surface area (Å²) in [6.07, 6.45) is 0. The third kappa shape index (κ3) is 4.23. The van der Waals surface area contributed by atoms with Gasteiger partial charge >= 0.3 is 31.1 Å². The summed E-state index contributed by atoms with van der Waals surface area (Å²) < 4.78 is 133. The van der Waals surface area contributed by atoms with Crippen LogP contribution in [0.2, 0.25) is 0 Å². The molecule has 0 aliphatic carbocycles. The molecule has 1 aliphatic rings. The van der Waals surface area contributed by atoms with E-state index in [1.54, 1.807) is 6.07 Å². The first-order valence-electron chi connectivity index (χ1n) is 7.81. The summed E-state index contributed by atoms with van der Waals surface area (Å²) >= 11 is 0. The molecule has 0 bridgehead atoms. The van der Waals surface area contributed by atoms with Crippen LogP contribution in [0.4, 0.5) is 26.3 Å². The van der Waals surface area contributed by atoms with Crippen molar-refractivity contribution in [1.82, 2.24) is 3.71 Å². The van der Waals surface area contributed by atoms with Gasteiger partial charge in [0, 0.05) is 18.0 Å². The molecule has 1 saturated heterocycles. The second kappa shape index (κ2) is 7.68. The molecule has 7 nitrogen and oxygen atoms in total. The molecule has 1 heterocycles. The van der Waals surface area contributed by atoms with Gasteiger partial charge in [-0.25, -0.2) is 16.8 Å². The molecule has 0 N–H and O–H groups in total. The summed E-state index contributed by atoms with van der Waals surface area (Å²) in [6.45, 7) is -0.907. The lowest BCUT2D eigenvalue weighted by molar-refractivity contribution is -0.201. The summed E-state index contributed by atoms with van der Waals surface area (Å²) in [4.78, 5) is 0. The van der Waals surface area contributed by atoms with Gasteiger partial charge in [-0.2, -0.15) is 26.3 Å². The summed E-state index contributed by atoms with van der Waals surface area (Å²) in [5.41, 5.74) is -12.4. The van der Waals surface area contributed by atoms with Gasteiger partial charge in [0.15, 0.2) is 5.79 Å². The Hall–Kier alpha value is -1.42. The fourth-order valence-corrected chi connectivity index (χ4v) is 5.58. The zero-order valence-electron chi connectivity index (χ0n) is 14.6. The van der Waals surface area contributed by atoms with Gasteiger partial charge in [0.1, 0.15) is 0 Å². The fraction of sp³-hybridized carbons (Fsp3) is 0.571. The molecule has 1 aliphatic heterocycles. The Kier molecular flexibility index (Phi) is 6.32. The van der Waals surface area contributed by atoms with Gasteiger partial charge in [0.05, 0.1) is 13.2 Å². The number of hydrogen-bond donors (Lipinski definition) is 0. The van der Waals surface area contributed by atoms with Gasteiger partial charge in [-0.3, -0.25) is 0 Å². The topological polar surface area (TPSA) is 90.0 Å². The highest BCUT2D eigenvalue weighted by Gasteiger charge is 2.62. The molecule has 29 heavy (non-hydrogen) atoms. The summed E-state index contributed by atoms with van der Waals surface area (Å²) in [5, 5.41) is 0. The van der Waals surface area contributed by atoms with Crippen LogP contribution in [-0.2, 0) is 35.3 Å². The highest BCUT2D eigenvalue weighted by Crippen LogP contribution is 2.42. The van der Waals surface area contributed by atoms with Gasteiger partial charge in [-0.15, -0.1) is 0 Å². The van der Waals surface area contributed by atoms with E-state index in [1.807, 2.05) is 0 Å². The zero-order valence-corrected chi connectivity index (χ0v) is 16.2. The Morgan fingerprint density at radius 1 is 0.931 bits per heavy atom. The zero-order chi connectivity index (χ0) is 22.3. The van der Waals surface area contributed by atoms with Crippen LogP contribution in [0.5, 0.6) is 0 Å². The molecule has 1 fully saturated rings. The third-order valence-corrected chi connectivity index (χ3v) is 7.80. The van der Waals surface area contributed by atoms with Gasteiger partial charge in [-0.1, -0.05) is 41.0 Å². The second-order valence-corrected chi connectivity index (χ2v) is 9.93. The number of alkyl halides is 6. The lowest BCUT2D eigenvalue weighted by atomic mass is 9.93. The Morgan fingerprint density at radius 3 is 1.72 bits per heavy atom. The number of halogens is 6. The van der Waals surface area contributed by atoms with Crippen LogP contribution in [-0.4, -0.2) is 51.3 Å². The van der Waals surface area contributed by atoms with E-state index in [4.69, 9.17) is 9.47 Å². The largest absolute Gasteiger partial charge is 0.512 e. The molecular formula is C14H15F6NO6S2. The lowest BCUT2D eigenvalue weighted by Crippen LogP contribution is -2.53. The maximum atomic E-state index is 12.9. The average Bonchev–Trinajstić information content (AvgIpc) is 3.09. The van der Waals surface area contributed by atoms with Crippen molar-refractivity contribution in [3.8, 4) is 0 Å². The first-order chi connectivity index (χ1) is 13.1. The molecule has 0 spiro atoms. The number of sulfonamides is 2. The molecule has 0 radical (unpaired) electrons. The predicted octanol–water partition coefficient (Wildman–Crippen LogP) is 2.52. The van der Waals surface area contributed by atoms with Crippen LogP contribution in [0.25, 0.3) is 0 Å². The second-order valence-electron chi connectivity index (χ2n) is 5.99. The summed E-state index contributed by atoms with van der Waals surface area (Å²) in [7, 11) is -13.8. The van der Waals surface area contributed by atoms with E-state index in [0.29, 0.717) is 0 Å². The van der Waals surface area contributed by atoms with Gasteiger partial charge in [0.25, 0.3) is 0 Å². The first kappa shape index (κ1) is 23.9. The monoisotopic (exact) mass is 471 g/mol. The Balaban J connectivity index is 2.56. The maximum absolute atomic E-state index is 12.9. The number of rotatable bonds is 6. The van der Waals surface area contributed by atoms with E-state index >= 15 is 0 Å². The summed E-state index contributed by atoms with van der Waals surface area (Å²) in [6, 6.07) is 7.30. The first-order valence-corrected chi connectivity index (χ1v) is 10.7. The minimum Gasteiger partial charge on any atom is -0.343 e. The lowest BCUT2D eigenvalue weighted by Gasteiger charge is -2.36. The van der Waals surface area contributed by atoms with Crippen molar-refractivity contribution in [1.29, 1.82) is 0 Å². The molecule has 0 aromatic heterocycles. The molecule has 1 aromatic carbocycles. The van der Waals surface area contributed by atoms with Crippen molar-refractivity contribution in [3.05, 3.63) is 35.9 Å². The van der Waals surface area contributed by atoms with Crippen molar-refractivity contribution in [2.45, 2.75) is 23.7 Å². The maximum Gasteiger partial charge on any atom is 0.512 e. The Labute approximate surface area is 162 Å². The van der Waals surface area contributed by atoms with Gasteiger partial charge in [-0.05, 0) is 0 Å². The van der Waals surface area contributed by atoms with Crippen LogP contribution in [0.3, 0.4) is 0 Å². The van der Waals surface area contributed by atoms with Crippen molar-refractivity contribution in [2.75, 3.05) is 19.8 Å². The van der Waals surface area contributed by atoms with Crippen LogP contribution >= 0.6 is 0 Å². The molecule has 1 unspecified atom stereocenters. The fourth-order valence-electron chi connectivity index (χ4n) is 2.73. The normalized spacial score (nSPS) is 19.4. The Bertz CT molecular complexity index is 880. The van der Waals surface area contributed by atoms with E-state index in [2.05, 4.69) is 0 Å². The third-order valence-electron chi connectivity index (χ3n) is 4.09. The summed E-state index contributed by atoms with van der Waals surface area (Å²) in [5.74, 6) is -3.52. The number of nitrogens with zero attached hydrogens (tertiary/aromatic N) is 1. The number of ether oxygens (including phenoxy) is 2. The molecule has 1 aromatic rings. The number of hydrogen-bond acceptors (Lipinski definition) is 6. The predicted molar refractivity (Wildman–Crippen MR) is 85.8 cm³/mol. The minimum atomic E-state index is -6.90. The highest BCUT2D eigenvalue weighted by atomic mass is 32.3. The van der Waals surface area contributed by atoms with E-state index < -0.39 is 53.0 Å². The van der Waals surface area contributed by atoms with E-state index in [-0.39, 0.29) is 18.8 Å². The molecule has 166 valence electrons. The van der Waals surface area contributed by atoms with Crippen molar-refractivity contribution >= 4 is 20.0 Å². The van der Waals surface area contributed by atoms with Crippen LogP contribution in [0.15, 0.2) is 30.3 Å². The van der Waals surface area contributed by atoms with E-state index in [1.165, 1.54) is 24.3 Å². The van der Waals surface area contributed by atoms with E-state index in [9.17, 15) is 43.2 Å². The molecule has 0 amide bonds. The van der Waals surface area contributed by atoms with Crippen molar-refractivity contribution in [2.24, 2.45) is 5.92 Å². The van der Waals surface area contributed by atoms with E-state index in [0.717, 1.165) is 6.92 Å². The molecule has 1 atom stereocenters. The molecule has 2 rings (SSSR count). The van der Waals surface area contributed by atoms with Gasteiger partial charge < -0.3 is 9.47 Å². The minimum absolute atomic E-state index is 0.0999. The number of benzene rings is 1. The quantitative estimate of drug-likeness (QED) is 0.593. The van der Waals surface area contributed by atoms with Crippen molar-refractivity contribution in [3.63, 3.8) is 0 Å². The molecule has 0 saturated carbocycles. The van der Waals surface area contributed by atoms with Gasteiger partial charge in [0.2, 0.25) is 0 Å². The Morgan fingerprint density at radius 2 is 1.34 bits per heavy atom. The van der Waals surface area contributed by atoms with Crippen LogP contribution in [0, 0.1) is 5.92 Å². The standard InChI is InChI=1S/C14H15F6NO6S2/c1-10(12(26-7-8-27-12)11-5-3-2-4-6-11)9-21(28(22,23)13(15,16)17)29(24,25)14(18,19)20/h2-6,10H,7-9H2,1H3. The smallest absolute Gasteiger partial charge is 0.343 e. The van der Waals surface area contributed by atoms with Crippen LogP contribution in [0.1, 0.15) is 12.5 Å². The van der Waals surface area contributed by atoms with Crippen LogP contribution < -0.4 is 0 Å². The molecular weight excluding hydrogens is 456 g/mol. The SMILES string of the molecule is CC(CN(S(=O)(=O)C(F)(F)F)S(=O)(=O)C(F)(F)F)C1(c2ccccc2)OCCO1.